The third-order valence-corrected chi connectivity index (χ3v) is 7.85. The summed E-state index contributed by atoms with van der Waals surface area (Å²) in [6.45, 7) is 5.08. The van der Waals surface area contributed by atoms with Crippen molar-refractivity contribution >= 4 is 27.6 Å². The number of H-pyrrole nitrogens is 1. The SMILES string of the molecule is CCCCc1cc(NC(=O)N2CCc3cc(S(=O)(=O)N4CCN(C)CC4)ccc32)n[nH]1. The molecular weight excluding hydrogens is 416 g/mol. The lowest BCUT2D eigenvalue weighted by Crippen LogP contribution is -2.47. The first-order valence-corrected chi connectivity index (χ1v) is 12.3. The number of rotatable bonds is 6. The lowest BCUT2D eigenvalue weighted by Gasteiger charge is -2.31. The second-order valence-corrected chi connectivity index (χ2v) is 10.1. The van der Waals surface area contributed by atoms with Crippen molar-refractivity contribution in [3.8, 4) is 0 Å². The number of piperazine rings is 1. The monoisotopic (exact) mass is 446 g/mol. The summed E-state index contributed by atoms with van der Waals surface area (Å²) < 4.78 is 27.6. The average Bonchev–Trinajstić information content (AvgIpc) is 3.38. The van der Waals surface area contributed by atoms with Crippen molar-refractivity contribution in [2.75, 3.05) is 50.0 Å². The molecule has 10 heteroatoms. The lowest BCUT2D eigenvalue weighted by atomic mass is 10.2. The molecule has 1 aromatic heterocycles. The fraction of sp³-hybridized carbons (Fsp3) is 0.524. The maximum atomic E-state index is 13.0. The Morgan fingerprint density at radius 3 is 2.68 bits per heavy atom. The summed E-state index contributed by atoms with van der Waals surface area (Å²) in [6, 6.07) is 6.66. The summed E-state index contributed by atoms with van der Waals surface area (Å²) in [4.78, 5) is 16.9. The maximum absolute atomic E-state index is 13.0. The molecule has 0 unspecified atom stereocenters. The van der Waals surface area contributed by atoms with Gasteiger partial charge in [0.2, 0.25) is 10.0 Å². The number of urea groups is 1. The van der Waals surface area contributed by atoms with Gasteiger partial charge in [-0.2, -0.15) is 9.40 Å². The van der Waals surface area contributed by atoms with Crippen molar-refractivity contribution in [3.63, 3.8) is 0 Å². The molecule has 4 rings (SSSR count). The first-order chi connectivity index (χ1) is 14.9. The number of anilines is 2. The minimum atomic E-state index is -3.52. The van der Waals surface area contributed by atoms with Crippen LogP contribution in [0.1, 0.15) is 31.0 Å². The number of amides is 2. The van der Waals surface area contributed by atoms with E-state index in [-0.39, 0.29) is 6.03 Å². The van der Waals surface area contributed by atoms with Gasteiger partial charge in [-0.15, -0.1) is 0 Å². The predicted octanol–water partition coefficient (Wildman–Crippen LogP) is 2.28. The van der Waals surface area contributed by atoms with Crippen molar-refractivity contribution in [2.45, 2.75) is 37.5 Å². The van der Waals surface area contributed by atoms with Crippen LogP contribution in [-0.2, 0) is 22.9 Å². The number of fused-ring (bicyclic) bond motifs is 1. The molecule has 0 bridgehead atoms. The van der Waals surface area contributed by atoms with E-state index in [1.165, 1.54) is 0 Å². The summed E-state index contributed by atoms with van der Waals surface area (Å²) >= 11 is 0. The van der Waals surface area contributed by atoms with Crippen molar-refractivity contribution < 1.29 is 13.2 Å². The van der Waals surface area contributed by atoms with Gasteiger partial charge in [0.05, 0.1) is 4.90 Å². The Morgan fingerprint density at radius 2 is 1.94 bits per heavy atom. The third kappa shape index (κ3) is 4.60. The number of sulfonamides is 1. The Bertz CT molecular complexity index is 1040. The number of carbonyl (C=O) groups is 1. The van der Waals surface area contributed by atoms with Crippen molar-refractivity contribution in [3.05, 3.63) is 35.5 Å². The highest BCUT2D eigenvalue weighted by atomic mass is 32.2. The highest BCUT2D eigenvalue weighted by molar-refractivity contribution is 7.89. The Morgan fingerprint density at radius 1 is 1.16 bits per heavy atom. The first kappa shape index (κ1) is 21.8. The number of unbranched alkanes of at least 4 members (excludes halogenated alkanes) is 1. The van der Waals surface area contributed by atoms with Crippen LogP contribution in [0.5, 0.6) is 0 Å². The molecule has 0 spiro atoms. The van der Waals surface area contributed by atoms with Crippen LogP contribution >= 0.6 is 0 Å². The number of hydrogen-bond acceptors (Lipinski definition) is 5. The van der Waals surface area contributed by atoms with Crippen LogP contribution in [0.25, 0.3) is 0 Å². The van der Waals surface area contributed by atoms with Gasteiger partial charge in [-0.05, 0) is 50.1 Å². The molecule has 0 radical (unpaired) electrons. The third-order valence-electron chi connectivity index (χ3n) is 5.96. The summed E-state index contributed by atoms with van der Waals surface area (Å²) in [5.74, 6) is 0.499. The van der Waals surface area contributed by atoms with E-state index in [9.17, 15) is 13.2 Å². The smallest absolute Gasteiger partial charge is 0.304 e. The van der Waals surface area contributed by atoms with Gasteiger partial charge in [0.25, 0.3) is 0 Å². The number of aryl methyl sites for hydroxylation is 1. The molecule has 2 aromatic rings. The van der Waals surface area contributed by atoms with E-state index in [0.717, 1.165) is 49.3 Å². The van der Waals surface area contributed by atoms with Crippen LogP contribution in [0.2, 0.25) is 0 Å². The van der Waals surface area contributed by atoms with E-state index < -0.39 is 10.0 Å². The number of likely N-dealkylation sites (N-methyl/N-ethyl adjacent to an activating group) is 1. The molecule has 0 saturated carbocycles. The number of aromatic nitrogens is 2. The topological polar surface area (TPSA) is 102 Å². The van der Waals surface area contributed by atoms with E-state index >= 15 is 0 Å². The fourth-order valence-corrected chi connectivity index (χ4v) is 5.50. The summed E-state index contributed by atoms with van der Waals surface area (Å²) in [5, 5.41) is 9.96. The van der Waals surface area contributed by atoms with E-state index in [1.54, 1.807) is 27.4 Å². The van der Waals surface area contributed by atoms with Gasteiger partial charge in [0, 0.05) is 50.2 Å². The lowest BCUT2D eigenvalue weighted by molar-refractivity contribution is 0.222. The van der Waals surface area contributed by atoms with Crippen LogP contribution in [0.15, 0.2) is 29.2 Å². The van der Waals surface area contributed by atoms with Gasteiger partial charge < -0.3 is 4.90 Å². The van der Waals surface area contributed by atoms with E-state index in [4.69, 9.17) is 0 Å². The molecule has 2 N–H and O–H groups in total. The standard InChI is InChI=1S/C21H30N6O3S/c1-3-4-5-17-15-20(24-23-17)22-21(28)27-9-8-16-14-18(6-7-19(16)27)31(29,30)26-12-10-25(2)11-13-26/h6-7,14-15H,3-5,8-13H2,1-2H3,(H2,22,23,24,28). The number of hydrogen-bond donors (Lipinski definition) is 2. The zero-order valence-corrected chi connectivity index (χ0v) is 18.9. The Balaban J connectivity index is 1.45. The van der Waals surface area contributed by atoms with Gasteiger partial charge in [-0.1, -0.05) is 13.3 Å². The molecule has 31 heavy (non-hydrogen) atoms. The van der Waals surface area contributed by atoms with Crippen LogP contribution in [-0.4, -0.2) is 73.6 Å². The second-order valence-electron chi connectivity index (χ2n) is 8.21. The second kappa shape index (κ2) is 8.97. The molecule has 1 saturated heterocycles. The summed E-state index contributed by atoms with van der Waals surface area (Å²) in [5.41, 5.74) is 2.62. The van der Waals surface area contributed by atoms with E-state index in [1.807, 2.05) is 13.1 Å². The van der Waals surface area contributed by atoms with Gasteiger partial charge >= 0.3 is 6.03 Å². The van der Waals surface area contributed by atoms with E-state index in [2.05, 4.69) is 27.3 Å². The van der Waals surface area contributed by atoms with Crippen LogP contribution in [0.3, 0.4) is 0 Å². The molecule has 2 aliphatic rings. The van der Waals surface area contributed by atoms with Crippen LogP contribution < -0.4 is 10.2 Å². The van der Waals surface area contributed by atoms with Gasteiger partial charge in [0.15, 0.2) is 5.82 Å². The predicted molar refractivity (Wildman–Crippen MR) is 120 cm³/mol. The molecule has 0 atom stereocenters. The van der Waals surface area contributed by atoms with E-state index in [0.29, 0.717) is 36.8 Å². The highest BCUT2D eigenvalue weighted by Gasteiger charge is 2.31. The first-order valence-electron chi connectivity index (χ1n) is 10.8. The number of nitrogens with zero attached hydrogens (tertiary/aromatic N) is 4. The molecule has 2 amide bonds. The molecule has 1 aromatic carbocycles. The Kier molecular flexibility index (Phi) is 6.31. The minimum absolute atomic E-state index is 0.262. The highest BCUT2D eigenvalue weighted by Crippen LogP contribution is 2.31. The Labute approximate surface area is 183 Å². The molecular formula is C21H30N6O3S. The molecule has 3 heterocycles. The van der Waals surface area contributed by atoms with Gasteiger partial charge in [0.1, 0.15) is 0 Å². The molecule has 168 valence electrons. The number of carbonyl (C=O) groups excluding carboxylic acids is 1. The van der Waals surface area contributed by atoms with Crippen molar-refractivity contribution in [2.24, 2.45) is 0 Å². The number of benzene rings is 1. The summed E-state index contributed by atoms with van der Waals surface area (Å²) in [7, 11) is -1.53. The average molecular weight is 447 g/mol. The summed E-state index contributed by atoms with van der Waals surface area (Å²) in [6.07, 6.45) is 3.68. The molecule has 1 fully saturated rings. The maximum Gasteiger partial charge on any atom is 0.327 e. The van der Waals surface area contributed by atoms with Crippen molar-refractivity contribution in [1.29, 1.82) is 0 Å². The van der Waals surface area contributed by atoms with Gasteiger partial charge in [-0.3, -0.25) is 15.3 Å². The fourth-order valence-electron chi connectivity index (χ4n) is 4.03. The number of nitrogens with one attached hydrogen (secondary N) is 2. The normalized spacial score (nSPS) is 17.7. The molecule has 0 aliphatic carbocycles. The van der Waals surface area contributed by atoms with Crippen LogP contribution in [0.4, 0.5) is 16.3 Å². The molecule has 9 nitrogen and oxygen atoms in total. The Hall–Kier alpha value is -2.43. The quantitative estimate of drug-likeness (QED) is 0.709. The van der Waals surface area contributed by atoms with Crippen molar-refractivity contribution in [1.82, 2.24) is 19.4 Å². The number of aromatic amines is 1. The largest absolute Gasteiger partial charge is 0.327 e. The van der Waals surface area contributed by atoms with Gasteiger partial charge in [-0.25, -0.2) is 13.2 Å². The van der Waals surface area contributed by atoms with Crippen LogP contribution in [0, 0.1) is 0 Å². The minimum Gasteiger partial charge on any atom is -0.304 e. The zero-order valence-electron chi connectivity index (χ0n) is 18.1. The molecule has 2 aliphatic heterocycles. The zero-order chi connectivity index (χ0) is 22.0.